The molecule has 38 heavy (non-hydrogen) atoms. The van der Waals surface area contributed by atoms with E-state index in [2.05, 4.69) is 145 Å². The van der Waals surface area contributed by atoms with E-state index >= 15 is 0 Å². The highest BCUT2D eigenvalue weighted by molar-refractivity contribution is 7.40. The first-order valence-electron chi connectivity index (χ1n) is 12.8. The number of hydrogen-bond acceptors (Lipinski definition) is 0. The van der Waals surface area contributed by atoms with E-state index in [1.54, 1.807) is 0 Å². The molecule has 184 valence electrons. The lowest BCUT2D eigenvalue weighted by atomic mass is 10.1. The summed E-state index contributed by atoms with van der Waals surface area (Å²) >= 11 is 15.8. The molecular weight excluding hydrogens is 535 g/mol. The van der Waals surface area contributed by atoms with Gasteiger partial charge in [0.25, 0.3) is 0 Å². The zero-order chi connectivity index (χ0) is 26.0. The van der Waals surface area contributed by atoms with Gasteiger partial charge in [0.2, 0.25) is 14.8 Å². The van der Waals surface area contributed by atoms with Crippen LogP contribution >= 0.6 is 22.2 Å². The Morgan fingerprint density at radius 3 is 1.13 bits per heavy atom. The Labute approximate surface area is 235 Å². The number of fused-ring (bicyclic) bond motifs is 2. The minimum atomic E-state index is -2.87. The van der Waals surface area contributed by atoms with Crippen molar-refractivity contribution >= 4 is 79.2 Å². The molecule has 6 rings (SSSR count). The van der Waals surface area contributed by atoms with Gasteiger partial charge >= 0.3 is 0 Å². The summed E-state index contributed by atoms with van der Waals surface area (Å²) in [6.07, 6.45) is 0. The largest absolute Gasteiger partial charge is 0.240 e. The Morgan fingerprint density at radius 1 is 0.368 bits per heavy atom. The molecule has 4 heteroatoms. The van der Waals surface area contributed by atoms with Gasteiger partial charge in [-0.15, -0.1) is 22.2 Å². The zero-order valence-corrected chi connectivity index (χ0v) is 24.3. The SMILES string of the molecule is Cl[Si](/C=C/[Si](Cl)(c1ccccc1)c1cccc2ccccc12)(c1ccccc1)c1cccc2ccccc12. The van der Waals surface area contributed by atoms with Gasteiger partial charge in [0.05, 0.1) is 0 Å². The third-order valence-corrected chi connectivity index (χ3v) is 17.0. The maximum Gasteiger partial charge on any atom is 0.240 e. The first-order valence-corrected chi connectivity index (χ1v) is 18.9. The van der Waals surface area contributed by atoms with E-state index in [0.29, 0.717) is 0 Å². The van der Waals surface area contributed by atoms with Crippen LogP contribution in [0.25, 0.3) is 21.5 Å². The van der Waals surface area contributed by atoms with Crippen LogP contribution in [0.15, 0.2) is 157 Å². The summed E-state index contributed by atoms with van der Waals surface area (Å²) in [6, 6.07) is 50.9. The van der Waals surface area contributed by atoms with Crippen LogP contribution in [0.3, 0.4) is 0 Å². The van der Waals surface area contributed by atoms with Crippen LogP contribution in [0.2, 0.25) is 0 Å². The van der Waals surface area contributed by atoms with Crippen molar-refractivity contribution in [1.29, 1.82) is 0 Å². The topological polar surface area (TPSA) is 0 Å². The number of halogens is 2. The van der Waals surface area contributed by atoms with E-state index in [9.17, 15) is 0 Å². The predicted molar refractivity (Wildman–Crippen MR) is 172 cm³/mol. The molecule has 0 amide bonds. The van der Waals surface area contributed by atoms with E-state index in [-0.39, 0.29) is 0 Å². The molecule has 0 saturated carbocycles. The van der Waals surface area contributed by atoms with Crippen molar-refractivity contribution in [3.63, 3.8) is 0 Å². The summed E-state index contributed by atoms with van der Waals surface area (Å²) in [4.78, 5) is 0. The van der Waals surface area contributed by atoms with Gasteiger partial charge in [-0.3, -0.25) is 0 Å². The van der Waals surface area contributed by atoms with Crippen molar-refractivity contribution in [2.45, 2.75) is 0 Å². The van der Waals surface area contributed by atoms with Gasteiger partial charge in [-0.25, -0.2) is 0 Å². The van der Waals surface area contributed by atoms with Crippen molar-refractivity contribution in [2.24, 2.45) is 0 Å². The first kappa shape index (κ1) is 24.9. The molecule has 2 atom stereocenters. The van der Waals surface area contributed by atoms with Gasteiger partial charge < -0.3 is 0 Å². The Morgan fingerprint density at radius 2 is 0.711 bits per heavy atom. The molecule has 6 aromatic rings. The summed E-state index contributed by atoms with van der Waals surface area (Å²) < 4.78 is 0. The fraction of sp³-hybridized carbons (Fsp3) is 0. The molecular formula is C34H26Cl2Si2. The first-order chi connectivity index (χ1) is 18.6. The molecule has 6 aromatic carbocycles. The summed E-state index contributed by atoms with van der Waals surface area (Å²) in [5.74, 6) is 0. The molecule has 0 bridgehead atoms. The second kappa shape index (κ2) is 10.4. The maximum absolute atomic E-state index is 7.88. The number of rotatable bonds is 6. The van der Waals surface area contributed by atoms with Crippen LogP contribution in [0.4, 0.5) is 0 Å². The van der Waals surface area contributed by atoms with E-state index in [0.717, 1.165) is 10.4 Å². The molecule has 0 saturated heterocycles. The molecule has 2 unspecified atom stereocenters. The number of benzene rings is 6. The van der Waals surface area contributed by atoms with Crippen LogP contribution in [-0.2, 0) is 0 Å². The lowest BCUT2D eigenvalue weighted by Gasteiger charge is -2.28. The van der Waals surface area contributed by atoms with Gasteiger partial charge in [-0.2, -0.15) is 0 Å². The second-order valence-electron chi connectivity index (χ2n) is 9.54. The molecule has 0 aliphatic carbocycles. The van der Waals surface area contributed by atoms with Crippen molar-refractivity contribution in [2.75, 3.05) is 0 Å². The van der Waals surface area contributed by atoms with Crippen molar-refractivity contribution < 1.29 is 0 Å². The summed E-state index contributed by atoms with van der Waals surface area (Å²) in [5.41, 5.74) is 4.55. The van der Waals surface area contributed by atoms with Gasteiger partial charge in [0.1, 0.15) is 0 Å². The second-order valence-corrected chi connectivity index (χ2v) is 18.9. The Hall–Kier alpha value is -3.41. The van der Waals surface area contributed by atoms with E-state index in [1.807, 2.05) is 12.1 Å². The summed E-state index contributed by atoms with van der Waals surface area (Å²) in [6.45, 7) is 0. The van der Waals surface area contributed by atoms with Crippen molar-refractivity contribution in [1.82, 2.24) is 0 Å². The van der Waals surface area contributed by atoms with Crippen LogP contribution in [0.5, 0.6) is 0 Å². The molecule has 0 aliphatic heterocycles. The average Bonchev–Trinajstić information content (AvgIpc) is 3.00. The Kier molecular flexibility index (Phi) is 6.81. The fourth-order valence-corrected chi connectivity index (χ4v) is 14.7. The minimum Gasteiger partial charge on any atom is -0.149 e. The Balaban J connectivity index is 1.61. The van der Waals surface area contributed by atoms with Crippen LogP contribution in [0.1, 0.15) is 0 Å². The maximum atomic E-state index is 7.88. The fourth-order valence-electron chi connectivity index (χ4n) is 5.36. The molecule has 0 aromatic heterocycles. The molecule has 0 radical (unpaired) electrons. The lowest BCUT2D eigenvalue weighted by molar-refractivity contribution is 1.73. The average molecular weight is 562 g/mol. The van der Waals surface area contributed by atoms with Crippen molar-refractivity contribution in [3.8, 4) is 0 Å². The Bertz CT molecular complexity index is 1610. The summed E-state index contributed by atoms with van der Waals surface area (Å²) in [7, 11) is -5.73. The van der Waals surface area contributed by atoms with Crippen LogP contribution in [-0.4, -0.2) is 14.8 Å². The quantitative estimate of drug-likeness (QED) is 0.153. The summed E-state index contributed by atoms with van der Waals surface area (Å²) in [5, 5.41) is 9.42. The highest BCUT2D eigenvalue weighted by atomic mass is 35.6. The molecule has 0 N–H and O–H groups in total. The van der Waals surface area contributed by atoms with E-state index in [1.165, 1.54) is 31.9 Å². The molecule has 0 aliphatic rings. The standard InChI is InChI=1S/C34H26Cl2Si2/c35-37(29-17-3-1-4-18-29,33-23-11-15-27-13-7-9-21-31(27)33)25-26-38(36,30-19-5-2-6-20-30)34-24-12-16-28-14-8-10-22-32(28)34/h1-26H/b26-25+. The van der Waals surface area contributed by atoms with Crippen LogP contribution < -0.4 is 20.7 Å². The van der Waals surface area contributed by atoms with E-state index < -0.39 is 14.8 Å². The van der Waals surface area contributed by atoms with E-state index in [4.69, 9.17) is 22.2 Å². The number of hydrogen-bond donors (Lipinski definition) is 0. The molecule has 0 spiro atoms. The van der Waals surface area contributed by atoms with Gasteiger partial charge in [0, 0.05) is 0 Å². The molecule has 0 nitrogen and oxygen atoms in total. The normalized spacial score (nSPS) is 14.9. The highest BCUT2D eigenvalue weighted by Gasteiger charge is 2.39. The van der Waals surface area contributed by atoms with Gasteiger partial charge in [-0.1, -0.05) is 157 Å². The third kappa shape index (κ3) is 4.44. The minimum absolute atomic E-state index is 1.15. The predicted octanol–water partition coefficient (Wildman–Crippen LogP) is 6.92. The third-order valence-electron chi connectivity index (χ3n) is 7.29. The zero-order valence-electron chi connectivity index (χ0n) is 20.8. The van der Waals surface area contributed by atoms with Gasteiger partial charge in [-0.05, 0) is 42.3 Å². The molecule has 0 fully saturated rings. The smallest absolute Gasteiger partial charge is 0.149 e. The molecule has 0 heterocycles. The van der Waals surface area contributed by atoms with Gasteiger partial charge in [0.15, 0.2) is 0 Å². The van der Waals surface area contributed by atoms with Crippen LogP contribution in [0, 0.1) is 0 Å². The monoisotopic (exact) mass is 560 g/mol. The highest BCUT2D eigenvalue weighted by Crippen LogP contribution is 2.24. The van der Waals surface area contributed by atoms with Crippen molar-refractivity contribution in [3.05, 3.63) is 157 Å². The lowest BCUT2D eigenvalue weighted by Crippen LogP contribution is -2.56.